The number of nitrogens with one attached hydrogen (secondary N) is 1. The first-order valence-corrected chi connectivity index (χ1v) is 6.46. The maximum Gasteiger partial charge on any atom is 0.0326 e. The Labute approximate surface area is 104 Å². The first-order chi connectivity index (χ1) is 8.25. The van der Waals surface area contributed by atoms with Crippen molar-refractivity contribution in [3.8, 4) is 0 Å². The van der Waals surface area contributed by atoms with Gasteiger partial charge in [-0.3, -0.25) is 0 Å². The average Bonchev–Trinajstić information content (AvgIpc) is 2.37. The van der Waals surface area contributed by atoms with Crippen LogP contribution in [-0.4, -0.2) is 30.6 Å². The van der Waals surface area contributed by atoms with Crippen LogP contribution in [-0.2, 0) is 6.42 Å². The molecule has 1 aliphatic rings. The first kappa shape index (κ1) is 12.2. The summed E-state index contributed by atoms with van der Waals surface area (Å²) in [5.74, 6) is 0. The van der Waals surface area contributed by atoms with Crippen molar-refractivity contribution < 1.29 is 0 Å². The summed E-state index contributed by atoms with van der Waals surface area (Å²) < 4.78 is 0. The molecule has 1 aliphatic heterocycles. The van der Waals surface area contributed by atoms with E-state index in [1.54, 1.807) is 0 Å². The highest BCUT2D eigenvalue weighted by Gasteiger charge is 2.16. The van der Waals surface area contributed by atoms with E-state index < -0.39 is 0 Å². The van der Waals surface area contributed by atoms with Crippen LogP contribution in [0.15, 0.2) is 42.6 Å². The van der Waals surface area contributed by atoms with Crippen LogP contribution in [0.5, 0.6) is 0 Å². The first-order valence-electron chi connectivity index (χ1n) is 6.46. The molecule has 1 fully saturated rings. The number of hydrogen-bond donors (Lipinski definition) is 1. The van der Waals surface area contributed by atoms with Crippen LogP contribution in [0.4, 0.5) is 0 Å². The van der Waals surface area contributed by atoms with E-state index >= 15 is 0 Å². The Bertz CT molecular complexity index is 358. The second-order valence-electron chi connectivity index (χ2n) is 4.85. The van der Waals surface area contributed by atoms with Crippen molar-refractivity contribution in [2.45, 2.75) is 25.8 Å². The number of benzene rings is 1. The van der Waals surface area contributed by atoms with Crippen LogP contribution >= 0.6 is 0 Å². The Morgan fingerprint density at radius 3 is 2.88 bits per heavy atom. The van der Waals surface area contributed by atoms with Crippen molar-refractivity contribution in [3.05, 3.63) is 48.2 Å². The van der Waals surface area contributed by atoms with Gasteiger partial charge in [-0.25, -0.2) is 0 Å². The van der Waals surface area contributed by atoms with Gasteiger partial charge in [0.1, 0.15) is 0 Å². The Morgan fingerprint density at radius 2 is 2.18 bits per heavy atom. The molecule has 0 saturated carbocycles. The molecule has 0 bridgehead atoms. The number of hydrogen-bond acceptors (Lipinski definition) is 2. The van der Waals surface area contributed by atoms with E-state index in [0.29, 0.717) is 6.04 Å². The fourth-order valence-corrected chi connectivity index (χ4v) is 2.31. The minimum absolute atomic E-state index is 0.581. The van der Waals surface area contributed by atoms with Gasteiger partial charge in [0.2, 0.25) is 0 Å². The molecule has 0 aromatic heterocycles. The lowest BCUT2D eigenvalue weighted by Gasteiger charge is -2.35. The van der Waals surface area contributed by atoms with Crippen LogP contribution in [0.1, 0.15) is 18.9 Å². The van der Waals surface area contributed by atoms with Gasteiger partial charge < -0.3 is 10.2 Å². The molecular formula is C15H22N2. The lowest BCUT2D eigenvalue weighted by atomic mass is 10.1. The topological polar surface area (TPSA) is 15.3 Å². The summed E-state index contributed by atoms with van der Waals surface area (Å²) in [5, 5.41) is 3.46. The van der Waals surface area contributed by atoms with E-state index in [0.717, 1.165) is 32.5 Å². The van der Waals surface area contributed by atoms with Gasteiger partial charge in [0.15, 0.2) is 0 Å². The highest BCUT2D eigenvalue weighted by Crippen LogP contribution is 2.13. The molecule has 2 nitrogen and oxygen atoms in total. The van der Waals surface area contributed by atoms with Crippen molar-refractivity contribution in [2.75, 3.05) is 19.6 Å². The highest BCUT2D eigenvalue weighted by atomic mass is 15.2. The molecule has 0 radical (unpaired) electrons. The molecule has 17 heavy (non-hydrogen) atoms. The van der Waals surface area contributed by atoms with E-state index in [9.17, 15) is 0 Å². The fourth-order valence-electron chi connectivity index (χ4n) is 2.31. The molecule has 1 aromatic carbocycles. The van der Waals surface area contributed by atoms with Gasteiger partial charge in [-0.2, -0.15) is 0 Å². The monoisotopic (exact) mass is 230 g/mol. The minimum atomic E-state index is 0.581. The molecule has 0 spiro atoms. The van der Waals surface area contributed by atoms with Crippen LogP contribution in [0.2, 0.25) is 0 Å². The smallest absolute Gasteiger partial charge is 0.0326 e. The Hall–Kier alpha value is -1.28. The molecule has 1 unspecified atom stereocenters. The fraction of sp³-hybridized carbons (Fsp3) is 0.467. The second-order valence-corrected chi connectivity index (χ2v) is 4.85. The minimum Gasteiger partial charge on any atom is -0.372 e. The average molecular weight is 230 g/mol. The van der Waals surface area contributed by atoms with Crippen LogP contribution in [0, 0.1) is 0 Å². The zero-order chi connectivity index (χ0) is 12.1. The van der Waals surface area contributed by atoms with E-state index in [-0.39, 0.29) is 0 Å². The van der Waals surface area contributed by atoms with Gasteiger partial charge in [0.25, 0.3) is 0 Å². The van der Waals surface area contributed by atoms with E-state index in [1.807, 2.05) is 0 Å². The molecule has 1 atom stereocenters. The zero-order valence-electron chi connectivity index (χ0n) is 10.7. The van der Waals surface area contributed by atoms with Gasteiger partial charge in [0.05, 0.1) is 0 Å². The third kappa shape index (κ3) is 3.60. The highest BCUT2D eigenvalue weighted by molar-refractivity contribution is 5.16. The predicted molar refractivity (Wildman–Crippen MR) is 72.9 cm³/mol. The molecule has 1 heterocycles. The number of allylic oxidation sites excluding steroid dienone is 1. The molecule has 1 aromatic rings. The lowest BCUT2D eigenvalue weighted by Crippen LogP contribution is -2.48. The molecular weight excluding hydrogens is 208 g/mol. The van der Waals surface area contributed by atoms with Crippen molar-refractivity contribution >= 4 is 0 Å². The SMILES string of the molecule is C=C(CCc1ccccc1)N1CCNC(C)C1. The van der Waals surface area contributed by atoms with Crippen LogP contribution < -0.4 is 5.32 Å². The lowest BCUT2D eigenvalue weighted by molar-refractivity contribution is 0.250. The maximum absolute atomic E-state index is 4.23. The predicted octanol–water partition coefficient (Wildman–Crippen LogP) is 2.43. The van der Waals surface area contributed by atoms with E-state index in [2.05, 4.69) is 54.1 Å². The molecule has 0 amide bonds. The van der Waals surface area contributed by atoms with Crippen molar-refractivity contribution in [2.24, 2.45) is 0 Å². The van der Waals surface area contributed by atoms with Gasteiger partial charge >= 0.3 is 0 Å². The number of aryl methyl sites for hydroxylation is 1. The normalized spacial score (nSPS) is 20.3. The standard InChI is InChI=1S/C15H22N2/c1-13-12-17(11-10-16-13)14(2)8-9-15-6-4-3-5-7-15/h3-7,13,16H,2,8-12H2,1H3. The van der Waals surface area contributed by atoms with Crippen molar-refractivity contribution in [1.82, 2.24) is 10.2 Å². The molecule has 2 rings (SSSR count). The third-order valence-electron chi connectivity index (χ3n) is 3.36. The Balaban J connectivity index is 1.81. The van der Waals surface area contributed by atoms with Crippen LogP contribution in [0.3, 0.4) is 0 Å². The van der Waals surface area contributed by atoms with Gasteiger partial charge in [-0.15, -0.1) is 0 Å². The zero-order valence-corrected chi connectivity index (χ0v) is 10.7. The Morgan fingerprint density at radius 1 is 1.41 bits per heavy atom. The molecule has 92 valence electrons. The summed E-state index contributed by atoms with van der Waals surface area (Å²) in [5.41, 5.74) is 2.68. The third-order valence-corrected chi connectivity index (χ3v) is 3.36. The second kappa shape index (κ2) is 5.87. The quantitative estimate of drug-likeness (QED) is 0.854. The largest absolute Gasteiger partial charge is 0.372 e. The number of rotatable bonds is 4. The van der Waals surface area contributed by atoms with E-state index in [4.69, 9.17) is 0 Å². The maximum atomic E-state index is 4.23. The summed E-state index contributed by atoms with van der Waals surface area (Å²) >= 11 is 0. The number of piperazine rings is 1. The summed E-state index contributed by atoms with van der Waals surface area (Å²) in [7, 11) is 0. The molecule has 0 aliphatic carbocycles. The summed E-state index contributed by atoms with van der Waals surface area (Å²) in [4.78, 5) is 2.42. The summed E-state index contributed by atoms with van der Waals surface area (Å²) in [6.45, 7) is 9.72. The molecule has 2 heteroatoms. The van der Waals surface area contributed by atoms with Crippen molar-refractivity contribution in [3.63, 3.8) is 0 Å². The molecule has 1 saturated heterocycles. The Kier molecular flexibility index (Phi) is 4.21. The summed E-state index contributed by atoms with van der Waals surface area (Å²) in [6.07, 6.45) is 2.16. The number of nitrogens with zero attached hydrogens (tertiary/aromatic N) is 1. The van der Waals surface area contributed by atoms with Gasteiger partial charge in [-0.1, -0.05) is 36.9 Å². The van der Waals surface area contributed by atoms with Crippen molar-refractivity contribution in [1.29, 1.82) is 0 Å². The summed E-state index contributed by atoms with van der Waals surface area (Å²) in [6, 6.07) is 11.2. The van der Waals surface area contributed by atoms with Crippen LogP contribution in [0.25, 0.3) is 0 Å². The van der Waals surface area contributed by atoms with Gasteiger partial charge in [-0.05, 0) is 25.3 Å². The molecule has 1 N–H and O–H groups in total. The van der Waals surface area contributed by atoms with Gasteiger partial charge in [0, 0.05) is 31.4 Å². The van der Waals surface area contributed by atoms with E-state index in [1.165, 1.54) is 11.3 Å².